The second kappa shape index (κ2) is 18.7. The van der Waals surface area contributed by atoms with Gasteiger partial charge in [0.15, 0.2) is 0 Å². The van der Waals surface area contributed by atoms with E-state index in [4.69, 9.17) is 0 Å². The molecule has 4 heteroatoms. The summed E-state index contributed by atoms with van der Waals surface area (Å²) in [6, 6.07) is 0. The molecule has 26 heavy (non-hydrogen) atoms. The van der Waals surface area contributed by atoms with Crippen molar-refractivity contribution in [2.75, 3.05) is 0 Å². The molecule has 0 aromatic carbocycles. The van der Waals surface area contributed by atoms with Gasteiger partial charge < -0.3 is 19.8 Å². The highest BCUT2D eigenvalue weighted by Gasteiger charge is 2.09. The average molecular weight is 369 g/mol. The van der Waals surface area contributed by atoms with Crippen LogP contribution in [0.4, 0.5) is 0 Å². The first-order chi connectivity index (χ1) is 12.6. The van der Waals surface area contributed by atoms with Gasteiger partial charge in [-0.1, -0.05) is 96.8 Å². The highest BCUT2D eigenvalue weighted by Crippen LogP contribution is 2.18. The third-order valence-corrected chi connectivity index (χ3v) is 5.17. The second-order valence-electron chi connectivity index (χ2n) is 7.67. The van der Waals surface area contributed by atoms with Crippen molar-refractivity contribution in [2.45, 2.75) is 122 Å². The molecule has 0 aliphatic heterocycles. The largest absolute Gasteiger partial charge is 0.550 e. The molecule has 4 nitrogen and oxygen atoms in total. The van der Waals surface area contributed by atoms with Crippen LogP contribution in [0.5, 0.6) is 0 Å². The van der Waals surface area contributed by atoms with Crippen LogP contribution in [0, 0.1) is 5.92 Å². The lowest BCUT2D eigenvalue weighted by Crippen LogP contribution is -2.31. The summed E-state index contributed by atoms with van der Waals surface area (Å²) in [7, 11) is 0. The summed E-state index contributed by atoms with van der Waals surface area (Å²) in [6.45, 7) is 2.25. The van der Waals surface area contributed by atoms with Crippen molar-refractivity contribution in [2.24, 2.45) is 5.92 Å². The molecule has 154 valence electrons. The van der Waals surface area contributed by atoms with Crippen molar-refractivity contribution >= 4 is 11.9 Å². The third kappa shape index (κ3) is 17.8. The monoisotopic (exact) mass is 368 g/mol. The van der Waals surface area contributed by atoms with Gasteiger partial charge in [-0.2, -0.15) is 0 Å². The number of carbonyl (C=O) groups is 2. The molecule has 0 saturated heterocycles. The van der Waals surface area contributed by atoms with Crippen molar-refractivity contribution < 1.29 is 19.8 Å². The standard InChI is InChI=1S/C22H42O4/c1-2-3-4-5-6-7-8-9-10-11-12-13-14-15-17-20(22(25)26)18-16-19-21(23)24/h20H,2-19H2,1H3,(H,23,24)(H,25,26)/p-2. The van der Waals surface area contributed by atoms with E-state index in [1.165, 1.54) is 70.6 Å². The van der Waals surface area contributed by atoms with Crippen LogP contribution >= 0.6 is 0 Å². The topological polar surface area (TPSA) is 80.3 Å². The van der Waals surface area contributed by atoms with Crippen molar-refractivity contribution in [3.8, 4) is 0 Å². The fourth-order valence-corrected chi connectivity index (χ4v) is 3.46. The van der Waals surface area contributed by atoms with E-state index in [0.29, 0.717) is 19.3 Å². The zero-order valence-electron chi connectivity index (χ0n) is 16.9. The maximum atomic E-state index is 11.1. The van der Waals surface area contributed by atoms with Crippen LogP contribution in [0.15, 0.2) is 0 Å². The minimum absolute atomic E-state index is 0.0669. The second-order valence-corrected chi connectivity index (χ2v) is 7.67. The van der Waals surface area contributed by atoms with Gasteiger partial charge in [0.1, 0.15) is 0 Å². The zero-order valence-corrected chi connectivity index (χ0v) is 16.9. The number of unbranched alkanes of at least 4 members (excludes halogenated alkanes) is 13. The lowest BCUT2D eigenvalue weighted by molar-refractivity contribution is -0.313. The minimum atomic E-state index is -1.11. The van der Waals surface area contributed by atoms with Gasteiger partial charge in [0.2, 0.25) is 0 Å². The molecule has 1 atom stereocenters. The van der Waals surface area contributed by atoms with Crippen molar-refractivity contribution in [3.05, 3.63) is 0 Å². The van der Waals surface area contributed by atoms with E-state index >= 15 is 0 Å². The Morgan fingerprint density at radius 3 is 1.38 bits per heavy atom. The van der Waals surface area contributed by atoms with Crippen molar-refractivity contribution in [3.63, 3.8) is 0 Å². The predicted molar refractivity (Wildman–Crippen MR) is 102 cm³/mol. The molecular formula is C22H40O4-2. The van der Waals surface area contributed by atoms with Gasteiger partial charge in [0.05, 0.1) is 0 Å². The predicted octanol–water partition coefficient (Wildman–Crippen LogP) is 4.14. The molecule has 0 rings (SSSR count). The van der Waals surface area contributed by atoms with E-state index in [1.807, 2.05) is 0 Å². The molecule has 0 radical (unpaired) electrons. The van der Waals surface area contributed by atoms with Gasteiger partial charge in [-0.25, -0.2) is 0 Å². The number of carboxylic acid groups (broad SMARTS) is 2. The summed E-state index contributed by atoms with van der Waals surface area (Å²) in [6.07, 6.45) is 19.2. The lowest BCUT2D eigenvalue weighted by atomic mass is 9.95. The van der Waals surface area contributed by atoms with Crippen LogP contribution in [0.1, 0.15) is 122 Å². The number of carboxylic acids is 2. The van der Waals surface area contributed by atoms with Gasteiger partial charge in [0, 0.05) is 11.9 Å². The Morgan fingerprint density at radius 1 is 0.615 bits per heavy atom. The van der Waals surface area contributed by atoms with Crippen molar-refractivity contribution in [1.82, 2.24) is 0 Å². The van der Waals surface area contributed by atoms with E-state index in [1.54, 1.807) is 0 Å². The van der Waals surface area contributed by atoms with Crippen LogP contribution in [-0.2, 0) is 9.59 Å². The number of carbonyl (C=O) groups excluding carboxylic acids is 2. The molecular weight excluding hydrogens is 328 g/mol. The minimum Gasteiger partial charge on any atom is -0.550 e. The first-order valence-corrected chi connectivity index (χ1v) is 11.0. The molecule has 0 N–H and O–H groups in total. The van der Waals surface area contributed by atoms with Gasteiger partial charge in [0.25, 0.3) is 0 Å². The first kappa shape index (κ1) is 24.9. The van der Waals surface area contributed by atoms with E-state index in [0.717, 1.165) is 19.3 Å². The molecule has 0 amide bonds. The third-order valence-electron chi connectivity index (χ3n) is 5.17. The summed E-state index contributed by atoms with van der Waals surface area (Å²) in [4.78, 5) is 21.4. The summed E-state index contributed by atoms with van der Waals surface area (Å²) in [5.74, 6) is -2.66. The Labute approximate surface area is 160 Å². The van der Waals surface area contributed by atoms with Crippen LogP contribution in [-0.4, -0.2) is 11.9 Å². The van der Waals surface area contributed by atoms with Crippen LogP contribution in [0.25, 0.3) is 0 Å². The Balaban J connectivity index is 3.37. The number of aliphatic carboxylic acids is 2. The van der Waals surface area contributed by atoms with Crippen LogP contribution in [0.2, 0.25) is 0 Å². The van der Waals surface area contributed by atoms with Gasteiger partial charge >= 0.3 is 0 Å². The normalized spacial score (nSPS) is 12.2. The van der Waals surface area contributed by atoms with Gasteiger partial charge in [-0.15, -0.1) is 0 Å². The Hall–Kier alpha value is -1.06. The Morgan fingerprint density at radius 2 is 1.00 bits per heavy atom. The maximum Gasteiger partial charge on any atom is 0.0445 e. The van der Waals surface area contributed by atoms with E-state index < -0.39 is 17.9 Å². The van der Waals surface area contributed by atoms with E-state index in [-0.39, 0.29) is 6.42 Å². The molecule has 0 bridgehead atoms. The van der Waals surface area contributed by atoms with E-state index in [2.05, 4.69) is 6.92 Å². The fraction of sp³-hybridized carbons (Fsp3) is 0.909. The molecule has 0 aromatic rings. The van der Waals surface area contributed by atoms with Crippen LogP contribution < -0.4 is 10.2 Å². The summed E-state index contributed by atoms with van der Waals surface area (Å²) in [5.41, 5.74) is 0. The number of rotatable bonds is 20. The summed E-state index contributed by atoms with van der Waals surface area (Å²) >= 11 is 0. The molecule has 0 spiro atoms. The van der Waals surface area contributed by atoms with Gasteiger partial charge in [-0.3, -0.25) is 0 Å². The van der Waals surface area contributed by atoms with E-state index in [9.17, 15) is 19.8 Å². The smallest absolute Gasteiger partial charge is 0.0445 e. The molecule has 0 heterocycles. The quantitative estimate of drug-likeness (QED) is 0.302. The molecule has 0 aliphatic rings. The lowest BCUT2D eigenvalue weighted by Gasteiger charge is -2.18. The highest BCUT2D eigenvalue weighted by molar-refractivity contribution is 5.68. The van der Waals surface area contributed by atoms with Crippen molar-refractivity contribution in [1.29, 1.82) is 0 Å². The summed E-state index contributed by atoms with van der Waals surface area (Å²) in [5, 5.41) is 21.4. The fourth-order valence-electron chi connectivity index (χ4n) is 3.46. The SMILES string of the molecule is CCCCCCCCCCCCCCCCC(CCCC(=O)[O-])C(=O)[O-]. The maximum absolute atomic E-state index is 11.1. The van der Waals surface area contributed by atoms with Gasteiger partial charge in [-0.05, 0) is 31.6 Å². The van der Waals surface area contributed by atoms with Crippen LogP contribution in [0.3, 0.4) is 0 Å². The zero-order chi connectivity index (χ0) is 19.5. The number of hydrogen-bond donors (Lipinski definition) is 0. The molecule has 0 aliphatic carbocycles. The average Bonchev–Trinajstić information content (AvgIpc) is 2.60. The Kier molecular flexibility index (Phi) is 18.0. The molecule has 1 unspecified atom stereocenters. The summed E-state index contributed by atoms with van der Waals surface area (Å²) < 4.78 is 0. The molecule has 0 saturated carbocycles. The Bertz CT molecular complexity index is 341. The number of hydrogen-bond acceptors (Lipinski definition) is 4. The molecule has 0 aromatic heterocycles. The first-order valence-electron chi connectivity index (χ1n) is 11.0. The highest BCUT2D eigenvalue weighted by atomic mass is 16.4. The molecule has 0 fully saturated rings.